The molecule has 1 atom stereocenters. The summed E-state index contributed by atoms with van der Waals surface area (Å²) in [6, 6.07) is -0.0191. The quantitative estimate of drug-likeness (QED) is 0.227. The molecule has 4 N–H and O–H groups in total. The molecule has 9 heteroatoms. The van der Waals surface area contributed by atoms with Gasteiger partial charge in [0.15, 0.2) is 5.96 Å². The summed E-state index contributed by atoms with van der Waals surface area (Å²) in [4.78, 5) is 28.0. The minimum Gasteiger partial charge on any atom is -0.444 e. The number of alkyl carbamates (subject to hydrolysis) is 1. The molecule has 1 unspecified atom stereocenters. The van der Waals surface area contributed by atoms with Crippen molar-refractivity contribution in [2.75, 3.05) is 20.1 Å². The lowest BCUT2D eigenvalue weighted by Gasteiger charge is -2.24. The number of nitrogens with zero attached hydrogens (tertiary/aromatic N) is 1. The second-order valence-corrected chi connectivity index (χ2v) is 8.59. The minimum absolute atomic E-state index is 0. The average Bonchev–Trinajstić information content (AvgIpc) is 2.49. The predicted octanol–water partition coefficient (Wildman–Crippen LogP) is 2.77. The summed E-state index contributed by atoms with van der Waals surface area (Å²) < 4.78 is 5.27. The molecular formula is C19H40IN5O3. The van der Waals surface area contributed by atoms with Crippen molar-refractivity contribution >= 4 is 41.9 Å². The molecule has 0 saturated heterocycles. The highest BCUT2D eigenvalue weighted by atomic mass is 127. The van der Waals surface area contributed by atoms with E-state index in [9.17, 15) is 9.59 Å². The Morgan fingerprint density at radius 3 is 2.14 bits per heavy atom. The normalized spacial score (nSPS) is 13.1. The summed E-state index contributed by atoms with van der Waals surface area (Å²) in [6.45, 7) is 13.9. The van der Waals surface area contributed by atoms with E-state index in [4.69, 9.17) is 4.74 Å². The van der Waals surface area contributed by atoms with E-state index in [0.29, 0.717) is 12.5 Å². The highest BCUT2D eigenvalue weighted by molar-refractivity contribution is 14.0. The maximum Gasteiger partial charge on any atom is 0.407 e. The number of aliphatic imine (C=N–C) groups is 1. The van der Waals surface area contributed by atoms with Gasteiger partial charge in [0.2, 0.25) is 5.91 Å². The maximum atomic E-state index is 12.0. The van der Waals surface area contributed by atoms with Gasteiger partial charge in [0.25, 0.3) is 0 Å². The Kier molecular flexibility index (Phi) is 14.3. The largest absolute Gasteiger partial charge is 0.444 e. The van der Waals surface area contributed by atoms with Crippen molar-refractivity contribution in [2.24, 2.45) is 4.99 Å². The van der Waals surface area contributed by atoms with Gasteiger partial charge in [-0.15, -0.1) is 24.0 Å². The molecule has 0 aromatic heterocycles. The Labute approximate surface area is 187 Å². The third kappa shape index (κ3) is 16.9. The van der Waals surface area contributed by atoms with E-state index in [0.717, 1.165) is 19.3 Å². The molecule has 0 aliphatic heterocycles. The summed E-state index contributed by atoms with van der Waals surface area (Å²) in [5, 5.41) is 11.9. The Hall–Kier alpha value is -1.26. The number of ether oxygens (including phenoxy) is 1. The summed E-state index contributed by atoms with van der Waals surface area (Å²) in [6.07, 6.45) is 2.47. The number of unbranched alkanes of at least 4 members (excludes halogenated alkanes) is 1. The van der Waals surface area contributed by atoms with Crippen LogP contribution in [-0.2, 0) is 9.53 Å². The zero-order valence-electron chi connectivity index (χ0n) is 18.7. The number of rotatable bonds is 8. The van der Waals surface area contributed by atoms with Gasteiger partial charge in [-0.2, -0.15) is 0 Å². The Balaban J connectivity index is 0. The average molecular weight is 513 g/mol. The van der Waals surface area contributed by atoms with E-state index < -0.39 is 11.7 Å². The molecule has 0 fully saturated rings. The first-order chi connectivity index (χ1) is 12.4. The summed E-state index contributed by atoms with van der Waals surface area (Å²) in [7, 11) is 1.65. The topological polar surface area (TPSA) is 104 Å². The van der Waals surface area contributed by atoms with E-state index in [-0.39, 0.29) is 48.0 Å². The van der Waals surface area contributed by atoms with Crippen molar-refractivity contribution in [1.29, 1.82) is 0 Å². The zero-order chi connectivity index (χ0) is 21.1. The fourth-order valence-electron chi connectivity index (χ4n) is 2.21. The van der Waals surface area contributed by atoms with Crippen LogP contribution in [-0.4, -0.2) is 55.3 Å². The first-order valence-corrected chi connectivity index (χ1v) is 9.61. The molecule has 166 valence electrons. The van der Waals surface area contributed by atoms with Crippen molar-refractivity contribution in [3.05, 3.63) is 0 Å². The summed E-state index contributed by atoms with van der Waals surface area (Å²) in [5.41, 5.74) is -0.814. The van der Waals surface area contributed by atoms with Crippen molar-refractivity contribution in [1.82, 2.24) is 21.3 Å². The highest BCUT2D eigenvalue weighted by Crippen LogP contribution is 2.07. The lowest BCUT2D eigenvalue weighted by Crippen LogP contribution is -2.52. The summed E-state index contributed by atoms with van der Waals surface area (Å²) in [5.74, 6) is 0.411. The number of nitrogens with one attached hydrogen (secondary N) is 4. The molecular weight excluding hydrogens is 473 g/mol. The van der Waals surface area contributed by atoms with Gasteiger partial charge in [0.1, 0.15) is 5.60 Å². The molecule has 28 heavy (non-hydrogen) atoms. The molecule has 0 aliphatic rings. The Bertz CT molecular complexity index is 499. The number of guanidine groups is 1. The number of hydrogen-bond donors (Lipinski definition) is 4. The van der Waals surface area contributed by atoms with Crippen LogP contribution in [0.25, 0.3) is 0 Å². The SMILES string of the molecule is CCCCC(CNC(=O)OC(C)(C)C)NC(=NC)NCC(=O)NC(C)(C)C.I. The van der Waals surface area contributed by atoms with Crippen LogP contribution in [0.5, 0.6) is 0 Å². The second-order valence-electron chi connectivity index (χ2n) is 8.59. The van der Waals surface area contributed by atoms with E-state index >= 15 is 0 Å². The van der Waals surface area contributed by atoms with Crippen molar-refractivity contribution < 1.29 is 14.3 Å². The Morgan fingerprint density at radius 2 is 1.68 bits per heavy atom. The van der Waals surface area contributed by atoms with E-state index in [2.05, 4.69) is 33.2 Å². The first-order valence-electron chi connectivity index (χ1n) is 9.61. The van der Waals surface area contributed by atoms with E-state index in [1.807, 2.05) is 41.5 Å². The van der Waals surface area contributed by atoms with Crippen LogP contribution in [0.15, 0.2) is 4.99 Å². The lowest BCUT2D eigenvalue weighted by molar-refractivity contribution is -0.121. The van der Waals surface area contributed by atoms with Gasteiger partial charge in [-0.05, 0) is 48.0 Å². The van der Waals surface area contributed by atoms with Gasteiger partial charge in [-0.3, -0.25) is 9.79 Å². The number of carbonyl (C=O) groups excluding carboxylic acids is 2. The number of halogens is 1. The van der Waals surface area contributed by atoms with Crippen LogP contribution < -0.4 is 21.3 Å². The maximum absolute atomic E-state index is 12.0. The van der Waals surface area contributed by atoms with E-state index in [1.165, 1.54) is 0 Å². The van der Waals surface area contributed by atoms with Crippen molar-refractivity contribution in [3.63, 3.8) is 0 Å². The van der Waals surface area contributed by atoms with Crippen LogP contribution in [0.1, 0.15) is 67.7 Å². The molecule has 0 bridgehead atoms. The van der Waals surface area contributed by atoms with Crippen LogP contribution in [0.3, 0.4) is 0 Å². The molecule has 8 nitrogen and oxygen atoms in total. The molecule has 0 heterocycles. The molecule has 2 amide bonds. The van der Waals surface area contributed by atoms with Crippen molar-refractivity contribution in [3.8, 4) is 0 Å². The smallest absolute Gasteiger partial charge is 0.407 e. The molecule has 0 spiro atoms. The molecule has 0 radical (unpaired) electrons. The van der Waals surface area contributed by atoms with Gasteiger partial charge < -0.3 is 26.0 Å². The molecule has 0 saturated carbocycles. The fraction of sp³-hybridized carbons (Fsp3) is 0.842. The van der Waals surface area contributed by atoms with E-state index in [1.54, 1.807) is 7.05 Å². The van der Waals surface area contributed by atoms with Gasteiger partial charge in [0, 0.05) is 25.2 Å². The minimum atomic E-state index is -0.533. The monoisotopic (exact) mass is 513 g/mol. The van der Waals surface area contributed by atoms with Gasteiger partial charge in [-0.1, -0.05) is 19.8 Å². The van der Waals surface area contributed by atoms with Crippen LogP contribution in [0, 0.1) is 0 Å². The molecule has 0 aliphatic carbocycles. The van der Waals surface area contributed by atoms with Gasteiger partial charge >= 0.3 is 6.09 Å². The number of amides is 2. The van der Waals surface area contributed by atoms with Crippen LogP contribution >= 0.6 is 24.0 Å². The lowest BCUT2D eigenvalue weighted by atomic mass is 10.1. The summed E-state index contributed by atoms with van der Waals surface area (Å²) >= 11 is 0. The van der Waals surface area contributed by atoms with Crippen LogP contribution in [0.4, 0.5) is 4.79 Å². The zero-order valence-corrected chi connectivity index (χ0v) is 21.0. The molecule has 0 rings (SSSR count). The highest BCUT2D eigenvalue weighted by Gasteiger charge is 2.18. The number of hydrogen-bond acceptors (Lipinski definition) is 4. The van der Waals surface area contributed by atoms with Crippen LogP contribution in [0.2, 0.25) is 0 Å². The van der Waals surface area contributed by atoms with Gasteiger partial charge in [0.05, 0.1) is 6.54 Å². The predicted molar refractivity (Wildman–Crippen MR) is 125 cm³/mol. The molecule has 0 aromatic carbocycles. The Morgan fingerprint density at radius 1 is 1.07 bits per heavy atom. The first kappa shape index (κ1) is 28.9. The fourth-order valence-corrected chi connectivity index (χ4v) is 2.21. The standard InChI is InChI=1S/C19H39N5O3.HI/c1-9-10-11-14(12-22-17(26)27-19(5,6)7)23-16(20-8)21-13-15(25)24-18(2,3)4;/h14H,9-13H2,1-8H3,(H,22,26)(H,24,25)(H2,20,21,23);1H. The third-order valence-electron chi connectivity index (χ3n) is 3.29. The number of carbonyl (C=O) groups is 2. The molecule has 0 aromatic rings. The van der Waals surface area contributed by atoms with Gasteiger partial charge in [-0.25, -0.2) is 4.79 Å². The van der Waals surface area contributed by atoms with Crippen molar-refractivity contribution in [2.45, 2.75) is 84.9 Å². The third-order valence-corrected chi connectivity index (χ3v) is 3.29. The second kappa shape index (κ2) is 13.8.